The molecule has 0 N–H and O–H groups in total. The summed E-state index contributed by atoms with van der Waals surface area (Å²) in [4.78, 5) is 19.1. The van der Waals surface area contributed by atoms with E-state index in [9.17, 15) is 9.18 Å². The third kappa shape index (κ3) is 6.65. The lowest BCUT2D eigenvalue weighted by molar-refractivity contribution is -0.141. The Hall–Kier alpha value is -2.90. The fraction of sp³-hybridized carbons (Fsp3) is 0.483. The molecule has 4 rings (SSSR count). The van der Waals surface area contributed by atoms with E-state index in [1.54, 1.807) is 13.2 Å². The highest BCUT2D eigenvalue weighted by Crippen LogP contribution is 2.29. The molecular formula is C29H38FN3O3. The minimum atomic E-state index is -0.156. The normalized spacial score (nSPS) is 21.6. The minimum Gasteiger partial charge on any atom is -0.496 e. The Bertz CT molecular complexity index is 1020. The van der Waals surface area contributed by atoms with Crippen molar-refractivity contribution in [3.05, 3.63) is 66.0 Å². The molecule has 6 nitrogen and oxygen atoms in total. The summed E-state index contributed by atoms with van der Waals surface area (Å²) in [6, 6.07) is 15.5. The van der Waals surface area contributed by atoms with Crippen molar-refractivity contribution in [1.82, 2.24) is 9.80 Å². The molecule has 2 aromatic carbocycles. The van der Waals surface area contributed by atoms with Gasteiger partial charge in [0.2, 0.25) is 0 Å². The van der Waals surface area contributed by atoms with E-state index in [0.29, 0.717) is 24.1 Å². The minimum absolute atomic E-state index is 0.147. The van der Waals surface area contributed by atoms with Crippen LogP contribution in [0, 0.1) is 11.7 Å². The number of hydrogen-bond donors (Lipinski definition) is 0. The van der Waals surface area contributed by atoms with E-state index in [-0.39, 0.29) is 11.8 Å². The molecule has 0 bridgehead atoms. The molecule has 0 spiro atoms. The van der Waals surface area contributed by atoms with Crippen molar-refractivity contribution >= 4 is 17.7 Å². The molecule has 36 heavy (non-hydrogen) atoms. The number of benzene rings is 2. The van der Waals surface area contributed by atoms with Gasteiger partial charge in [0.25, 0.3) is 0 Å². The number of carbonyl (C=O) groups is 1. The first-order valence-electron chi connectivity index (χ1n) is 12.9. The summed E-state index contributed by atoms with van der Waals surface area (Å²) in [7, 11) is 3.15. The first-order valence-corrected chi connectivity index (χ1v) is 12.9. The molecule has 2 saturated heterocycles. The van der Waals surface area contributed by atoms with Crippen LogP contribution in [0.1, 0.15) is 24.8 Å². The van der Waals surface area contributed by atoms with Crippen LogP contribution in [0.5, 0.6) is 5.75 Å². The summed E-state index contributed by atoms with van der Waals surface area (Å²) in [6.07, 6.45) is 6.64. The van der Waals surface area contributed by atoms with E-state index in [4.69, 9.17) is 9.47 Å². The number of ether oxygens (including phenoxy) is 2. The summed E-state index contributed by atoms with van der Waals surface area (Å²) in [6.45, 7) is 6.26. The summed E-state index contributed by atoms with van der Waals surface area (Å²) in [5.41, 5.74) is 1.76. The van der Waals surface area contributed by atoms with Crippen LogP contribution in [0.15, 0.2) is 54.6 Å². The number of likely N-dealkylation sites (tertiary alicyclic amines) is 1. The molecule has 2 heterocycles. The quantitative estimate of drug-likeness (QED) is 0.483. The predicted octanol–water partition coefficient (Wildman–Crippen LogP) is 4.31. The van der Waals surface area contributed by atoms with E-state index in [2.05, 4.69) is 32.9 Å². The van der Waals surface area contributed by atoms with Crippen molar-refractivity contribution in [3.63, 3.8) is 0 Å². The van der Waals surface area contributed by atoms with Gasteiger partial charge in [0.1, 0.15) is 11.6 Å². The van der Waals surface area contributed by atoms with E-state index in [1.807, 2.05) is 30.3 Å². The van der Waals surface area contributed by atoms with E-state index >= 15 is 0 Å². The zero-order valence-corrected chi connectivity index (χ0v) is 21.4. The Kier molecular flexibility index (Phi) is 9.36. The fourth-order valence-corrected chi connectivity index (χ4v) is 5.57. The highest BCUT2D eigenvalue weighted by Gasteiger charge is 2.35. The lowest BCUT2D eigenvalue weighted by Crippen LogP contribution is -2.57. The Labute approximate surface area is 214 Å². The zero-order chi connectivity index (χ0) is 25.3. The number of rotatable bonds is 9. The molecule has 0 amide bonds. The molecule has 194 valence electrons. The number of para-hydroxylation sites is 2. The fourth-order valence-electron chi connectivity index (χ4n) is 5.57. The van der Waals surface area contributed by atoms with Crippen molar-refractivity contribution < 1.29 is 18.7 Å². The predicted molar refractivity (Wildman–Crippen MR) is 142 cm³/mol. The number of carbonyl (C=O) groups excluding carboxylic acids is 1. The molecule has 2 aliphatic heterocycles. The Morgan fingerprint density at radius 3 is 2.53 bits per heavy atom. The monoisotopic (exact) mass is 495 g/mol. The molecule has 2 aromatic rings. The molecule has 0 aliphatic carbocycles. The number of halogens is 1. The molecule has 0 saturated carbocycles. The van der Waals surface area contributed by atoms with Crippen LogP contribution in [-0.2, 0) is 9.53 Å². The second-order valence-corrected chi connectivity index (χ2v) is 9.61. The third-order valence-electron chi connectivity index (χ3n) is 7.50. The average Bonchev–Trinajstić information content (AvgIpc) is 2.92. The van der Waals surface area contributed by atoms with Crippen molar-refractivity contribution in [2.45, 2.75) is 25.3 Å². The Morgan fingerprint density at radius 1 is 1.03 bits per heavy atom. The van der Waals surface area contributed by atoms with Crippen LogP contribution in [0.3, 0.4) is 0 Å². The number of hydrogen-bond acceptors (Lipinski definition) is 6. The lowest BCUT2D eigenvalue weighted by atomic mass is 9.86. The Morgan fingerprint density at radius 2 is 1.78 bits per heavy atom. The van der Waals surface area contributed by atoms with Gasteiger partial charge in [-0.1, -0.05) is 42.5 Å². The zero-order valence-electron chi connectivity index (χ0n) is 21.4. The summed E-state index contributed by atoms with van der Waals surface area (Å²) in [5, 5.41) is 0. The van der Waals surface area contributed by atoms with Crippen molar-refractivity contribution in [1.29, 1.82) is 0 Å². The van der Waals surface area contributed by atoms with Gasteiger partial charge in [0.15, 0.2) is 0 Å². The van der Waals surface area contributed by atoms with Crippen LogP contribution in [-0.4, -0.2) is 81.8 Å². The van der Waals surface area contributed by atoms with Crippen LogP contribution < -0.4 is 9.64 Å². The van der Waals surface area contributed by atoms with Crippen molar-refractivity contribution in [2.24, 2.45) is 5.92 Å². The van der Waals surface area contributed by atoms with Gasteiger partial charge in [0.05, 0.1) is 19.9 Å². The summed E-state index contributed by atoms with van der Waals surface area (Å²) in [5.74, 6) is 0.957. The second-order valence-electron chi connectivity index (χ2n) is 9.61. The SMILES string of the molecule is COC(=O)CC[C@H]1CN(CC=Cc2ccccc2OC)CC[C@H]1N1CCN(c2ccccc2F)CC1. The van der Waals surface area contributed by atoms with Gasteiger partial charge in [-0.05, 0) is 43.5 Å². The number of methoxy groups -OCH3 is 2. The standard InChI is InChI=1S/C29H38FN3O3/c1-35-28-12-6-3-8-23(28)9-7-16-31-17-15-26(24(22-31)13-14-29(34)36-2)32-18-20-33(21-19-32)27-11-5-4-10-25(27)30/h3-12,24,26H,13-22H2,1-2H3/t24-,26+/m0/s1. The molecule has 2 fully saturated rings. The number of esters is 1. The molecule has 2 atom stereocenters. The van der Waals surface area contributed by atoms with Crippen molar-refractivity contribution in [2.75, 3.05) is 64.9 Å². The van der Waals surface area contributed by atoms with E-state index in [1.165, 1.54) is 13.2 Å². The van der Waals surface area contributed by atoms with E-state index < -0.39 is 0 Å². The first kappa shape index (κ1) is 26.2. The van der Waals surface area contributed by atoms with Crippen LogP contribution >= 0.6 is 0 Å². The smallest absolute Gasteiger partial charge is 0.305 e. The van der Waals surface area contributed by atoms with Crippen LogP contribution in [0.25, 0.3) is 6.08 Å². The van der Waals surface area contributed by atoms with Gasteiger partial charge in [-0.15, -0.1) is 0 Å². The van der Waals surface area contributed by atoms with Gasteiger partial charge in [0, 0.05) is 57.3 Å². The highest BCUT2D eigenvalue weighted by atomic mass is 19.1. The highest BCUT2D eigenvalue weighted by molar-refractivity contribution is 5.69. The van der Waals surface area contributed by atoms with Crippen LogP contribution in [0.4, 0.5) is 10.1 Å². The van der Waals surface area contributed by atoms with Gasteiger partial charge in [-0.25, -0.2) is 4.39 Å². The first-order chi connectivity index (χ1) is 17.6. The molecule has 0 radical (unpaired) electrons. The van der Waals surface area contributed by atoms with Gasteiger partial charge in [-0.2, -0.15) is 0 Å². The maximum absolute atomic E-state index is 14.3. The lowest BCUT2D eigenvalue weighted by Gasteiger charge is -2.47. The Balaban J connectivity index is 1.36. The maximum atomic E-state index is 14.3. The largest absolute Gasteiger partial charge is 0.496 e. The summed E-state index contributed by atoms with van der Waals surface area (Å²) < 4.78 is 24.7. The van der Waals surface area contributed by atoms with Crippen LogP contribution in [0.2, 0.25) is 0 Å². The summed E-state index contributed by atoms with van der Waals surface area (Å²) >= 11 is 0. The van der Waals surface area contributed by atoms with Gasteiger partial charge in [-0.3, -0.25) is 14.6 Å². The topological polar surface area (TPSA) is 45.2 Å². The average molecular weight is 496 g/mol. The molecule has 7 heteroatoms. The number of nitrogens with zero attached hydrogens (tertiary/aromatic N) is 3. The molecular weight excluding hydrogens is 457 g/mol. The number of piperidine rings is 1. The molecule has 2 aliphatic rings. The van der Waals surface area contributed by atoms with Gasteiger partial charge >= 0.3 is 5.97 Å². The van der Waals surface area contributed by atoms with Gasteiger partial charge < -0.3 is 14.4 Å². The number of piperazine rings is 1. The molecule has 0 aromatic heterocycles. The maximum Gasteiger partial charge on any atom is 0.305 e. The third-order valence-corrected chi connectivity index (χ3v) is 7.50. The molecule has 0 unspecified atom stereocenters. The second kappa shape index (κ2) is 12.9. The van der Waals surface area contributed by atoms with E-state index in [0.717, 1.165) is 70.0 Å². The van der Waals surface area contributed by atoms with Crippen molar-refractivity contribution in [3.8, 4) is 5.75 Å². The number of anilines is 1.